The number of hydrogen-bond acceptors (Lipinski definition) is 5. The van der Waals surface area contributed by atoms with Crippen molar-refractivity contribution in [3.63, 3.8) is 0 Å². The first kappa shape index (κ1) is 19.4. The third-order valence-electron chi connectivity index (χ3n) is 6.78. The molecular formula is C22H30NO5+. The van der Waals surface area contributed by atoms with Gasteiger partial charge in [0.05, 0.1) is 13.0 Å². The van der Waals surface area contributed by atoms with E-state index in [1.807, 2.05) is 24.3 Å². The molecule has 1 N–H and O–H groups in total. The van der Waals surface area contributed by atoms with Crippen LogP contribution in [0.3, 0.4) is 0 Å². The van der Waals surface area contributed by atoms with Crippen molar-refractivity contribution in [1.29, 1.82) is 0 Å². The molecular weight excluding hydrogens is 358 g/mol. The predicted molar refractivity (Wildman–Crippen MR) is 101 cm³/mol. The van der Waals surface area contributed by atoms with Crippen LogP contribution in [-0.4, -0.2) is 41.5 Å². The number of nitrogens with zero attached hydrogens (tertiary/aromatic N) is 1. The highest BCUT2D eigenvalue weighted by atomic mass is 16.6. The van der Waals surface area contributed by atoms with Gasteiger partial charge >= 0.3 is 11.9 Å². The lowest BCUT2D eigenvalue weighted by Gasteiger charge is -2.49. The van der Waals surface area contributed by atoms with Gasteiger partial charge in [-0.25, -0.2) is 10.0 Å². The van der Waals surface area contributed by atoms with Crippen LogP contribution in [0.4, 0.5) is 0 Å². The maximum absolute atomic E-state index is 13.1. The van der Waals surface area contributed by atoms with Crippen LogP contribution in [0, 0.1) is 17.8 Å². The van der Waals surface area contributed by atoms with Crippen LogP contribution in [0.2, 0.25) is 0 Å². The van der Waals surface area contributed by atoms with Gasteiger partial charge in [-0.1, -0.05) is 12.1 Å². The second-order valence-corrected chi connectivity index (χ2v) is 8.64. The largest absolute Gasteiger partial charge is 0.497 e. The van der Waals surface area contributed by atoms with E-state index >= 15 is 0 Å². The van der Waals surface area contributed by atoms with Crippen molar-refractivity contribution in [2.45, 2.75) is 57.6 Å². The molecule has 1 aliphatic heterocycles. The SMILES string of the molecule is COc1cccc(C2C3CCC(OC(C)=O)CC3CC[N+]2(O)C(=O)C2CC2)c1. The number of likely N-dealkylation sites (tertiary alicyclic amines) is 1. The molecule has 2 saturated carbocycles. The molecule has 1 aromatic carbocycles. The van der Waals surface area contributed by atoms with Crippen LogP contribution >= 0.6 is 0 Å². The summed E-state index contributed by atoms with van der Waals surface area (Å²) in [5, 5.41) is 11.6. The van der Waals surface area contributed by atoms with Gasteiger partial charge in [-0.15, -0.1) is 4.65 Å². The number of amides is 1. The van der Waals surface area contributed by atoms with Crippen molar-refractivity contribution in [3.8, 4) is 5.75 Å². The zero-order valence-corrected chi connectivity index (χ0v) is 16.7. The second kappa shape index (κ2) is 7.48. The lowest BCUT2D eigenvalue weighted by atomic mass is 9.68. The number of piperidine rings is 1. The van der Waals surface area contributed by atoms with E-state index in [0.29, 0.717) is 12.5 Å². The fraction of sp³-hybridized carbons (Fsp3) is 0.636. The summed E-state index contributed by atoms with van der Waals surface area (Å²) in [5.74, 6) is 0.971. The van der Waals surface area contributed by atoms with Crippen molar-refractivity contribution in [2.24, 2.45) is 17.8 Å². The van der Waals surface area contributed by atoms with Gasteiger partial charge in [-0.05, 0) is 50.2 Å². The Balaban J connectivity index is 1.67. The Morgan fingerprint density at radius 3 is 2.61 bits per heavy atom. The number of hydroxylamine groups is 3. The van der Waals surface area contributed by atoms with Crippen LogP contribution in [-0.2, 0) is 14.3 Å². The molecule has 28 heavy (non-hydrogen) atoms. The van der Waals surface area contributed by atoms with Crippen molar-refractivity contribution >= 4 is 11.9 Å². The van der Waals surface area contributed by atoms with Crippen molar-refractivity contribution in [1.82, 2.24) is 0 Å². The molecule has 0 bridgehead atoms. The number of carbonyl (C=O) groups excluding carboxylic acids is 2. The normalized spacial score (nSPS) is 35.0. The quantitative estimate of drug-likeness (QED) is 0.484. The van der Waals surface area contributed by atoms with Gasteiger partial charge in [0.25, 0.3) is 0 Å². The molecule has 1 heterocycles. The molecule has 0 aromatic heterocycles. The van der Waals surface area contributed by atoms with Gasteiger partial charge in [0.1, 0.15) is 18.4 Å². The monoisotopic (exact) mass is 388 g/mol. The molecule has 4 rings (SSSR count). The molecule has 3 fully saturated rings. The number of rotatable bonds is 4. The summed E-state index contributed by atoms with van der Waals surface area (Å²) in [6.45, 7) is 1.88. The summed E-state index contributed by atoms with van der Waals surface area (Å²) in [4.78, 5) is 24.5. The molecule has 2 aliphatic carbocycles. The van der Waals surface area contributed by atoms with Gasteiger partial charge in [-0.2, -0.15) is 0 Å². The van der Waals surface area contributed by atoms with E-state index in [9.17, 15) is 14.8 Å². The van der Waals surface area contributed by atoms with Gasteiger partial charge < -0.3 is 9.47 Å². The van der Waals surface area contributed by atoms with Crippen LogP contribution in [0.25, 0.3) is 0 Å². The maximum atomic E-state index is 13.1. The van der Waals surface area contributed by atoms with Crippen molar-refractivity contribution in [3.05, 3.63) is 29.8 Å². The van der Waals surface area contributed by atoms with Crippen LogP contribution in [0.5, 0.6) is 5.75 Å². The Morgan fingerprint density at radius 2 is 1.93 bits per heavy atom. The number of esters is 1. The van der Waals surface area contributed by atoms with Gasteiger partial charge in [0, 0.05) is 24.8 Å². The third kappa shape index (κ3) is 3.55. The Bertz CT molecular complexity index is 761. The van der Waals surface area contributed by atoms with Crippen LogP contribution in [0.15, 0.2) is 24.3 Å². The minimum Gasteiger partial charge on any atom is -0.497 e. The van der Waals surface area contributed by atoms with Crippen molar-refractivity contribution < 1.29 is 28.9 Å². The molecule has 1 aromatic rings. The van der Waals surface area contributed by atoms with Crippen molar-refractivity contribution in [2.75, 3.05) is 13.7 Å². The smallest absolute Gasteiger partial charge is 0.349 e. The first-order valence-corrected chi connectivity index (χ1v) is 10.4. The molecule has 0 radical (unpaired) electrons. The molecule has 152 valence electrons. The first-order valence-electron chi connectivity index (χ1n) is 10.4. The summed E-state index contributed by atoms with van der Waals surface area (Å²) in [6.07, 6.45) is 4.91. The van der Waals surface area contributed by atoms with E-state index < -0.39 is 4.65 Å². The highest BCUT2D eigenvalue weighted by molar-refractivity contribution is 5.74. The molecule has 1 saturated heterocycles. The lowest BCUT2D eigenvalue weighted by Crippen LogP contribution is -2.61. The topological polar surface area (TPSA) is 72.8 Å². The molecule has 6 heteroatoms. The van der Waals surface area contributed by atoms with Crippen LogP contribution < -0.4 is 4.74 Å². The first-order chi connectivity index (χ1) is 13.4. The van der Waals surface area contributed by atoms with Gasteiger partial charge in [0.2, 0.25) is 0 Å². The molecule has 5 unspecified atom stereocenters. The Morgan fingerprint density at radius 1 is 1.14 bits per heavy atom. The summed E-state index contributed by atoms with van der Waals surface area (Å²) >= 11 is 0. The zero-order chi connectivity index (χ0) is 19.9. The van der Waals surface area contributed by atoms with E-state index in [0.717, 1.165) is 49.8 Å². The van der Waals surface area contributed by atoms with Gasteiger partial charge in [-0.3, -0.25) is 4.79 Å². The van der Waals surface area contributed by atoms with Crippen LogP contribution in [0.1, 0.15) is 57.1 Å². The molecule has 6 nitrogen and oxygen atoms in total. The van der Waals surface area contributed by atoms with Gasteiger partial charge in [0.15, 0.2) is 6.04 Å². The standard InChI is InChI=1S/C22H30NO5/c1-14(24)28-19-8-9-20-16(12-19)10-11-23(26,22(25)15-6-7-15)21(20)17-4-3-5-18(13-17)27-2/h3-5,13,15-16,19-21,26H,6-12H2,1-2H3/q+1. The fourth-order valence-corrected chi connectivity index (χ4v) is 5.37. The average Bonchev–Trinajstić information content (AvgIpc) is 3.52. The molecule has 0 spiro atoms. The summed E-state index contributed by atoms with van der Waals surface area (Å²) < 4.78 is 10.4. The highest BCUT2D eigenvalue weighted by Crippen LogP contribution is 2.52. The minimum absolute atomic E-state index is 0.00737. The summed E-state index contributed by atoms with van der Waals surface area (Å²) in [5.41, 5.74) is 0.955. The Labute approximate surface area is 166 Å². The number of methoxy groups -OCH3 is 1. The van der Waals surface area contributed by atoms with E-state index in [2.05, 4.69) is 0 Å². The fourth-order valence-electron chi connectivity index (χ4n) is 5.37. The predicted octanol–water partition coefficient (Wildman–Crippen LogP) is 3.63. The number of ether oxygens (including phenoxy) is 2. The number of benzene rings is 1. The Hall–Kier alpha value is -1.92. The number of hydrogen-bond donors (Lipinski definition) is 1. The highest BCUT2D eigenvalue weighted by Gasteiger charge is 2.58. The van der Waals surface area contributed by atoms with E-state index in [1.165, 1.54) is 6.92 Å². The third-order valence-corrected chi connectivity index (χ3v) is 6.78. The number of fused-ring (bicyclic) bond motifs is 1. The Kier molecular flexibility index (Phi) is 5.19. The summed E-state index contributed by atoms with van der Waals surface area (Å²) in [7, 11) is 1.63. The van der Waals surface area contributed by atoms with E-state index in [1.54, 1.807) is 7.11 Å². The zero-order valence-electron chi connectivity index (χ0n) is 16.7. The molecule has 5 atom stereocenters. The number of carbonyl (C=O) groups is 2. The maximum Gasteiger partial charge on any atom is 0.349 e. The lowest BCUT2D eigenvalue weighted by molar-refractivity contribution is -1.07. The minimum atomic E-state index is -0.489. The molecule has 1 amide bonds. The molecule has 3 aliphatic rings. The van der Waals surface area contributed by atoms with E-state index in [-0.39, 0.29) is 35.9 Å². The van der Waals surface area contributed by atoms with E-state index in [4.69, 9.17) is 9.47 Å². The number of quaternary nitrogens is 1. The second-order valence-electron chi connectivity index (χ2n) is 8.64. The average molecular weight is 388 g/mol. The summed E-state index contributed by atoms with van der Waals surface area (Å²) in [6, 6.07) is 7.47.